The van der Waals surface area contributed by atoms with Gasteiger partial charge in [-0.1, -0.05) is 41.5 Å². The maximum atomic E-state index is 13.4. The number of halogens is 4. The van der Waals surface area contributed by atoms with Crippen molar-refractivity contribution < 1.29 is 46.0 Å². The van der Waals surface area contributed by atoms with Gasteiger partial charge in [0.2, 0.25) is 0 Å². The summed E-state index contributed by atoms with van der Waals surface area (Å²) in [7, 11) is -5.65. The number of alkyl halides is 3. The minimum Gasteiger partial charge on any atom is -0.790 e. The summed E-state index contributed by atoms with van der Waals surface area (Å²) in [4.78, 5) is 50.2. The summed E-state index contributed by atoms with van der Waals surface area (Å²) in [6.45, 7) is 9.45. The quantitative estimate of drug-likeness (QED) is 0.270. The lowest BCUT2D eigenvalue weighted by molar-refractivity contribution is -0.368. The predicted molar refractivity (Wildman–Crippen MR) is 142 cm³/mol. The molecule has 1 heterocycles. The zero-order valence-electron chi connectivity index (χ0n) is 23.5. The number of rotatable bonds is 7. The zero-order chi connectivity index (χ0) is 31.9. The van der Waals surface area contributed by atoms with Crippen LogP contribution in [0.3, 0.4) is 0 Å². The molecule has 1 aromatic heterocycles. The third-order valence-corrected chi connectivity index (χ3v) is 6.87. The van der Waals surface area contributed by atoms with Gasteiger partial charge >= 0.3 is 6.18 Å². The van der Waals surface area contributed by atoms with Crippen LogP contribution in [0.4, 0.5) is 23.2 Å². The Morgan fingerprint density at radius 3 is 1.95 bits per heavy atom. The van der Waals surface area contributed by atoms with Gasteiger partial charge in [-0.05, 0) is 48.5 Å². The fourth-order valence-electron chi connectivity index (χ4n) is 4.95. The van der Waals surface area contributed by atoms with Gasteiger partial charge in [-0.25, -0.2) is 4.39 Å². The first kappa shape index (κ1) is 33.0. The minimum atomic E-state index is -5.65. The van der Waals surface area contributed by atoms with Gasteiger partial charge < -0.3 is 28.9 Å². The Labute approximate surface area is 239 Å². The average Bonchev–Trinajstić information content (AvgIpc) is 2.82. The molecule has 1 N–H and O–H groups in total. The third kappa shape index (κ3) is 7.09. The molecule has 1 amide bonds. The van der Waals surface area contributed by atoms with Gasteiger partial charge in [0, 0.05) is 28.8 Å². The van der Waals surface area contributed by atoms with E-state index in [9.17, 15) is 41.5 Å². The molecule has 0 saturated heterocycles. The Balaban J connectivity index is 2.07. The fraction of sp³-hybridized carbons (Fsp3) is 0.357. The molecule has 0 aliphatic carbocycles. The van der Waals surface area contributed by atoms with Crippen molar-refractivity contribution in [3.63, 3.8) is 0 Å². The number of nitrogens with one attached hydrogen (secondary N) is 1. The first-order valence-corrected chi connectivity index (χ1v) is 13.9. The van der Waals surface area contributed by atoms with E-state index in [-0.39, 0.29) is 17.2 Å². The summed E-state index contributed by atoms with van der Waals surface area (Å²) in [6.07, 6.45) is -3.68. The highest BCUT2D eigenvalue weighted by atomic mass is 31.2. The first-order valence-electron chi connectivity index (χ1n) is 12.5. The van der Waals surface area contributed by atoms with Crippen LogP contribution in [0.5, 0.6) is 11.5 Å². The van der Waals surface area contributed by atoms with Gasteiger partial charge in [0.05, 0.1) is 18.9 Å². The molecular weight excluding hydrogens is 583 g/mol. The second-order valence-corrected chi connectivity index (χ2v) is 12.6. The van der Waals surface area contributed by atoms with Gasteiger partial charge in [-0.15, -0.1) is 0 Å². The van der Waals surface area contributed by atoms with Crippen molar-refractivity contribution in [3.05, 3.63) is 88.1 Å². The van der Waals surface area contributed by atoms with Crippen LogP contribution in [0, 0.1) is 16.6 Å². The zero-order valence-corrected chi connectivity index (χ0v) is 24.4. The van der Waals surface area contributed by atoms with Crippen LogP contribution in [0.2, 0.25) is 0 Å². The van der Waals surface area contributed by atoms with Crippen LogP contribution in [-0.2, 0) is 21.0 Å². The second-order valence-electron chi connectivity index (χ2n) is 11.5. The van der Waals surface area contributed by atoms with Crippen molar-refractivity contribution in [1.82, 2.24) is 4.57 Å². The van der Waals surface area contributed by atoms with Crippen LogP contribution in [0.1, 0.15) is 57.5 Å². The molecule has 0 radical (unpaired) electrons. The largest absolute Gasteiger partial charge is 0.790 e. The average molecular weight is 613 g/mol. The van der Waals surface area contributed by atoms with E-state index in [1.165, 1.54) is 18.2 Å². The maximum Gasteiger partial charge on any atom is 0.416 e. The van der Waals surface area contributed by atoms with Crippen LogP contribution in [0.25, 0.3) is 0 Å². The van der Waals surface area contributed by atoms with E-state index in [1.54, 1.807) is 41.5 Å². The molecule has 0 aliphatic heterocycles. The van der Waals surface area contributed by atoms with E-state index < -0.39 is 59.0 Å². The molecule has 0 aliphatic rings. The summed E-state index contributed by atoms with van der Waals surface area (Å²) in [5.74, 6) is -1.89. The smallest absolute Gasteiger partial charge is 0.416 e. The van der Waals surface area contributed by atoms with Crippen LogP contribution < -0.4 is 25.4 Å². The van der Waals surface area contributed by atoms with E-state index in [0.717, 1.165) is 35.0 Å². The first-order chi connectivity index (χ1) is 19.0. The summed E-state index contributed by atoms with van der Waals surface area (Å²) in [5, 5.41) is 2.34. The SMILES string of the molecule is CC(C)(C)C(OP(=O)([O-])[O-])(n1ccc(NC(=O)c2cc(C(F)(F)F)ccc2Oc2ccc(F)cc2)cc1=O)C(C)(C)C. The van der Waals surface area contributed by atoms with Gasteiger partial charge in [0.15, 0.2) is 5.72 Å². The fourth-order valence-corrected chi connectivity index (χ4v) is 5.90. The van der Waals surface area contributed by atoms with E-state index in [4.69, 9.17) is 9.26 Å². The van der Waals surface area contributed by atoms with Gasteiger partial charge in [0.25, 0.3) is 11.5 Å². The van der Waals surface area contributed by atoms with Crippen LogP contribution in [-0.4, -0.2) is 10.5 Å². The van der Waals surface area contributed by atoms with E-state index in [1.807, 2.05) is 0 Å². The highest BCUT2D eigenvalue weighted by Gasteiger charge is 2.55. The van der Waals surface area contributed by atoms with Crippen molar-refractivity contribution in [2.24, 2.45) is 10.8 Å². The molecule has 228 valence electrons. The third-order valence-electron chi connectivity index (χ3n) is 6.39. The van der Waals surface area contributed by atoms with Crippen LogP contribution in [0.15, 0.2) is 65.6 Å². The summed E-state index contributed by atoms with van der Waals surface area (Å²) in [6, 6.07) is 8.86. The van der Waals surface area contributed by atoms with Gasteiger partial charge in [-0.3, -0.25) is 14.2 Å². The minimum absolute atomic E-state index is 0.0440. The number of phosphoric ester groups is 1. The summed E-state index contributed by atoms with van der Waals surface area (Å²) in [5.41, 5.74) is -7.03. The van der Waals surface area contributed by atoms with Crippen molar-refractivity contribution in [2.75, 3.05) is 5.32 Å². The number of nitrogens with zero attached hydrogens (tertiary/aromatic N) is 1. The number of carbonyl (C=O) groups is 1. The molecule has 9 nitrogen and oxygen atoms in total. The van der Waals surface area contributed by atoms with Crippen molar-refractivity contribution in [2.45, 2.75) is 53.4 Å². The van der Waals surface area contributed by atoms with Crippen molar-refractivity contribution in [1.29, 1.82) is 0 Å². The molecule has 42 heavy (non-hydrogen) atoms. The predicted octanol–water partition coefficient (Wildman–Crippen LogP) is 5.64. The van der Waals surface area contributed by atoms with Crippen LogP contribution >= 0.6 is 7.82 Å². The number of pyridine rings is 1. The molecule has 3 aromatic rings. The van der Waals surface area contributed by atoms with E-state index in [0.29, 0.717) is 12.1 Å². The maximum absolute atomic E-state index is 13.4. The Morgan fingerprint density at radius 1 is 0.905 bits per heavy atom. The molecule has 3 rings (SSSR count). The number of benzene rings is 2. The Hall–Kier alpha value is -3.51. The number of amides is 1. The second kappa shape index (κ2) is 11.3. The number of hydrogen-bond acceptors (Lipinski definition) is 7. The number of anilines is 1. The Kier molecular flexibility index (Phi) is 8.87. The normalized spacial score (nSPS) is 13.1. The summed E-state index contributed by atoms with van der Waals surface area (Å²) < 4.78 is 77.0. The number of aromatic nitrogens is 1. The van der Waals surface area contributed by atoms with Gasteiger partial charge in [0.1, 0.15) is 17.3 Å². The van der Waals surface area contributed by atoms with E-state index in [2.05, 4.69) is 5.32 Å². The molecule has 14 heteroatoms. The van der Waals surface area contributed by atoms with E-state index >= 15 is 0 Å². The molecule has 0 bridgehead atoms. The van der Waals surface area contributed by atoms with Crippen molar-refractivity contribution >= 4 is 19.4 Å². The number of ether oxygens (including phenoxy) is 1. The lowest BCUT2D eigenvalue weighted by Gasteiger charge is -2.56. The number of phosphoric acid groups is 1. The molecule has 0 fully saturated rings. The Bertz CT molecular complexity index is 1550. The number of carbonyl (C=O) groups excluding carboxylic acids is 1. The highest BCUT2D eigenvalue weighted by molar-refractivity contribution is 7.43. The lowest BCUT2D eigenvalue weighted by atomic mass is 9.68. The molecule has 0 saturated carbocycles. The Morgan fingerprint density at radius 2 is 1.48 bits per heavy atom. The number of hydrogen-bond donors (Lipinski definition) is 1. The summed E-state index contributed by atoms with van der Waals surface area (Å²) >= 11 is 0. The molecular formula is C28H29F4N2O7P-2. The highest BCUT2D eigenvalue weighted by Crippen LogP contribution is 2.55. The topological polar surface area (TPSA) is 133 Å². The molecule has 0 spiro atoms. The monoisotopic (exact) mass is 612 g/mol. The van der Waals surface area contributed by atoms with Crippen molar-refractivity contribution in [3.8, 4) is 11.5 Å². The standard InChI is InChI=1S/C28H31F4N2O7P/c1-25(2,3)28(26(4,5)6,41-42(37,38)39)34-14-13-19(16-23(34)35)33-24(36)21-15-17(27(30,31)32)7-12-22(21)40-20-10-8-18(29)9-11-20/h7-16H,1-6H3,(H,33,36)(H2,37,38,39)/p-2. The molecule has 0 atom stereocenters. The van der Waals surface area contributed by atoms with Gasteiger partial charge in [-0.2, -0.15) is 13.2 Å². The lowest BCUT2D eigenvalue weighted by Crippen LogP contribution is -2.60. The molecule has 0 unspecified atom stereocenters. The molecule has 2 aromatic carbocycles.